The first kappa shape index (κ1) is 21.8. The maximum atomic E-state index is 13.0. The second kappa shape index (κ2) is 10.7. The zero-order valence-corrected chi connectivity index (χ0v) is 18.0. The summed E-state index contributed by atoms with van der Waals surface area (Å²) >= 11 is 0. The van der Waals surface area contributed by atoms with Gasteiger partial charge in [0.25, 0.3) is 0 Å². The van der Waals surface area contributed by atoms with E-state index in [2.05, 4.69) is 0 Å². The van der Waals surface area contributed by atoms with Crippen LogP contribution in [0.2, 0.25) is 0 Å². The summed E-state index contributed by atoms with van der Waals surface area (Å²) in [4.78, 5) is 26.0. The van der Waals surface area contributed by atoms with Crippen LogP contribution in [0.15, 0.2) is 83.5 Å². The van der Waals surface area contributed by atoms with Gasteiger partial charge in [0, 0.05) is 0 Å². The van der Waals surface area contributed by atoms with E-state index >= 15 is 0 Å². The normalized spacial score (nSPS) is 12.0. The van der Waals surface area contributed by atoms with E-state index in [0.717, 1.165) is 10.6 Å². The molecule has 6 heteroatoms. The van der Waals surface area contributed by atoms with Crippen LogP contribution < -0.4 is 10.6 Å². The Hall–Kier alpha value is -2.91. The Balaban J connectivity index is 2.21. The van der Waals surface area contributed by atoms with Crippen molar-refractivity contribution in [2.24, 2.45) is 5.92 Å². The Kier molecular flexibility index (Phi) is 7.81. The number of carbonyl (C=O) groups is 2. The van der Waals surface area contributed by atoms with Crippen LogP contribution in [0.3, 0.4) is 0 Å². The highest BCUT2D eigenvalue weighted by atomic mass is 31.1. The van der Waals surface area contributed by atoms with Crippen LogP contribution in [-0.2, 0) is 19.1 Å². The van der Waals surface area contributed by atoms with Gasteiger partial charge in [-0.05, 0) is 44.5 Å². The standard InChI is InChI=1S/C24H25O5P/c1-3-27-23(25)21(24(26)28-4-2)22(20-16-11-17-29-20)30(18-12-7-5-8-13-18)19-14-9-6-10-15-19/h5-17,21-22H,3-4H2,1-2H3/t22-/m1/s1. The lowest BCUT2D eigenvalue weighted by atomic mass is 10.0. The first-order valence-electron chi connectivity index (χ1n) is 9.93. The molecule has 0 aliphatic rings. The van der Waals surface area contributed by atoms with E-state index in [1.54, 1.807) is 32.2 Å². The maximum Gasteiger partial charge on any atom is 0.321 e. The Bertz CT molecular complexity index is 867. The zero-order valence-electron chi connectivity index (χ0n) is 17.1. The maximum absolute atomic E-state index is 13.0. The van der Waals surface area contributed by atoms with Gasteiger partial charge in [-0.1, -0.05) is 60.7 Å². The van der Waals surface area contributed by atoms with Gasteiger partial charge in [-0.3, -0.25) is 9.59 Å². The van der Waals surface area contributed by atoms with Gasteiger partial charge >= 0.3 is 11.9 Å². The zero-order chi connectivity index (χ0) is 21.3. The monoisotopic (exact) mass is 424 g/mol. The van der Waals surface area contributed by atoms with Crippen LogP contribution >= 0.6 is 7.92 Å². The number of furan rings is 1. The molecule has 0 bridgehead atoms. The average Bonchev–Trinajstić information content (AvgIpc) is 3.30. The van der Waals surface area contributed by atoms with Crippen molar-refractivity contribution in [2.75, 3.05) is 13.2 Å². The Morgan fingerprint density at radius 3 is 1.70 bits per heavy atom. The highest BCUT2D eigenvalue weighted by molar-refractivity contribution is 7.73. The lowest BCUT2D eigenvalue weighted by molar-refractivity contribution is -0.161. The summed E-state index contributed by atoms with van der Waals surface area (Å²) in [5.41, 5.74) is -0.571. The van der Waals surface area contributed by atoms with E-state index in [0.29, 0.717) is 5.76 Å². The molecule has 0 fully saturated rings. The second-order valence-corrected chi connectivity index (χ2v) is 8.81. The van der Waals surface area contributed by atoms with Gasteiger partial charge < -0.3 is 13.9 Å². The molecule has 0 spiro atoms. The molecule has 1 aromatic heterocycles. The molecule has 0 radical (unpaired) electrons. The van der Waals surface area contributed by atoms with Crippen LogP contribution in [0.25, 0.3) is 0 Å². The lowest BCUT2D eigenvalue weighted by Gasteiger charge is -2.31. The van der Waals surface area contributed by atoms with Gasteiger partial charge in [0.15, 0.2) is 5.92 Å². The predicted octanol–water partition coefficient (Wildman–Crippen LogP) is 4.20. The van der Waals surface area contributed by atoms with Crippen LogP contribution in [0.5, 0.6) is 0 Å². The van der Waals surface area contributed by atoms with Gasteiger partial charge in [-0.2, -0.15) is 0 Å². The second-order valence-electron chi connectivity index (χ2n) is 6.48. The van der Waals surface area contributed by atoms with Gasteiger partial charge in [-0.15, -0.1) is 0 Å². The molecule has 0 amide bonds. The van der Waals surface area contributed by atoms with Crippen molar-refractivity contribution < 1.29 is 23.5 Å². The molecule has 1 heterocycles. The minimum absolute atomic E-state index is 0.175. The molecule has 1 atom stereocenters. The molecule has 0 unspecified atom stereocenters. The molecule has 0 saturated heterocycles. The summed E-state index contributed by atoms with van der Waals surface area (Å²) in [5.74, 6) is -1.78. The van der Waals surface area contributed by atoms with Gasteiger partial charge in [0.1, 0.15) is 5.76 Å². The molecular weight excluding hydrogens is 399 g/mol. The third-order valence-corrected chi connectivity index (χ3v) is 7.40. The number of ether oxygens (including phenoxy) is 2. The fraction of sp³-hybridized carbons (Fsp3) is 0.250. The van der Waals surface area contributed by atoms with Gasteiger partial charge in [0.2, 0.25) is 0 Å². The van der Waals surface area contributed by atoms with Crippen molar-refractivity contribution in [3.05, 3.63) is 84.8 Å². The van der Waals surface area contributed by atoms with E-state index in [-0.39, 0.29) is 13.2 Å². The quantitative estimate of drug-likeness (QED) is 0.293. The summed E-state index contributed by atoms with van der Waals surface area (Å²) in [6.07, 6.45) is 1.55. The van der Waals surface area contributed by atoms with Crippen molar-refractivity contribution in [2.45, 2.75) is 19.5 Å². The summed E-state index contributed by atoms with van der Waals surface area (Å²) in [7, 11) is -1.19. The first-order valence-corrected chi connectivity index (χ1v) is 11.3. The number of benzene rings is 2. The van der Waals surface area contributed by atoms with E-state index in [1.807, 2.05) is 60.7 Å². The Morgan fingerprint density at radius 2 is 1.30 bits per heavy atom. The number of carbonyl (C=O) groups excluding carboxylic acids is 2. The molecule has 0 N–H and O–H groups in total. The SMILES string of the molecule is CCOC(=O)C(C(=O)OCC)[C@@H](c1ccco1)P(c1ccccc1)c1ccccc1. The summed E-state index contributed by atoms with van der Waals surface area (Å²) in [6, 6.07) is 23.3. The van der Waals surface area contributed by atoms with Gasteiger partial charge in [-0.25, -0.2) is 0 Å². The fourth-order valence-corrected chi connectivity index (χ4v) is 6.24. The topological polar surface area (TPSA) is 65.7 Å². The van der Waals surface area contributed by atoms with Crippen LogP contribution in [0, 0.1) is 5.92 Å². The third kappa shape index (κ3) is 4.98. The predicted molar refractivity (Wildman–Crippen MR) is 117 cm³/mol. The molecule has 5 nitrogen and oxygen atoms in total. The highest BCUT2D eigenvalue weighted by Gasteiger charge is 2.45. The van der Waals surface area contributed by atoms with E-state index in [4.69, 9.17) is 13.9 Å². The molecule has 3 rings (SSSR count). The molecule has 30 heavy (non-hydrogen) atoms. The first-order chi connectivity index (χ1) is 14.7. The smallest absolute Gasteiger partial charge is 0.321 e. The molecule has 2 aromatic carbocycles. The minimum atomic E-state index is -1.19. The molecule has 3 aromatic rings. The van der Waals surface area contributed by atoms with E-state index < -0.39 is 31.4 Å². The largest absolute Gasteiger partial charge is 0.469 e. The Morgan fingerprint density at radius 1 is 0.800 bits per heavy atom. The summed E-state index contributed by atoms with van der Waals surface area (Å²) in [5, 5.41) is 2.05. The molecule has 0 saturated carbocycles. The molecule has 0 aliphatic carbocycles. The van der Waals surface area contributed by atoms with Crippen molar-refractivity contribution in [3.63, 3.8) is 0 Å². The third-order valence-electron chi connectivity index (χ3n) is 4.58. The summed E-state index contributed by atoms with van der Waals surface area (Å²) < 4.78 is 16.4. The van der Waals surface area contributed by atoms with Crippen molar-refractivity contribution in [1.29, 1.82) is 0 Å². The minimum Gasteiger partial charge on any atom is -0.469 e. The summed E-state index contributed by atoms with van der Waals surface area (Å²) in [6.45, 7) is 3.79. The van der Waals surface area contributed by atoms with Gasteiger partial charge in [0.05, 0.1) is 25.1 Å². The number of hydrogen-bond acceptors (Lipinski definition) is 5. The molecule has 0 aliphatic heterocycles. The lowest BCUT2D eigenvalue weighted by Crippen LogP contribution is -2.35. The van der Waals surface area contributed by atoms with Crippen LogP contribution in [0.1, 0.15) is 25.3 Å². The number of hydrogen-bond donors (Lipinski definition) is 0. The van der Waals surface area contributed by atoms with Crippen molar-refractivity contribution >= 4 is 30.5 Å². The van der Waals surface area contributed by atoms with Crippen LogP contribution in [0.4, 0.5) is 0 Å². The van der Waals surface area contributed by atoms with E-state index in [1.165, 1.54) is 0 Å². The Labute approximate surface area is 177 Å². The molecular formula is C24H25O5P. The fourth-order valence-electron chi connectivity index (χ4n) is 3.37. The number of rotatable bonds is 9. The molecule has 156 valence electrons. The van der Waals surface area contributed by atoms with E-state index in [9.17, 15) is 9.59 Å². The van der Waals surface area contributed by atoms with Crippen LogP contribution in [-0.4, -0.2) is 25.2 Å². The van der Waals surface area contributed by atoms with Crippen molar-refractivity contribution in [3.8, 4) is 0 Å². The number of esters is 2. The average molecular weight is 424 g/mol. The highest BCUT2D eigenvalue weighted by Crippen LogP contribution is 2.54. The van der Waals surface area contributed by atoms with Crippen molar-refractivity contribution in [1.82, 2.24) is 0 Å².